The highest BCUT2D eigenvalue weighted by Gasteiger charge is 2.13. The third-order valence-corrected chi connectivity index (χ3v) is 2.48. The summed E-state index contributed by atoms with van der Waals surface area (Å²) in [4.78, 5) is 22.8. The van der Waals surface area contributed by atoms with Gasteiger partial charge in [-0.2, -0.15) is 0 Å². The zero-order valence-electron chi connectivity index (χ0n) is 11.5. The second kappa shape index (κ2) is 7.41. The minimum atomic E-state index is -0.595. The normalized spacial score (nSPS) is 10.1. The number of rotatable bonds is 5. The maximum Gasteiger partial charge on any atom is 0.309 e. The van der Waals surface area contributed by atoms with Crippen LogP contribution in [0.2, 0.25) is 0 Å². The monoisotopic (exact) mass is 264 g/mol. The van der Waals surface area contributed by atoms with Crippen LogP contribution in [0.1, 0.15) is 19.4 Å². The van der Waals surface area contributed by atoms with Crippen molar-refractivity contribution in [3.63, 3.8) is 0 Å². The first kappa shape index (κ1) is 15.0. The summed E-state index contributed by atoms with van der Waals surface area (Å²) in [5.74, 6) is -0.393. The molecule has 0 radical (unpaired) electrons. The fraction of sp³-hybridized carbons (Fsp3) is 0.429. The number of hydrogen-bond donors (Lipinski definition) is 2. The number of methoxy groups -OCH3 is 1. The van der Waals surface area contributed by atoms with Gasteiger partial charge in [0.05, 0.1) is 7.11 Å². The predicted molar refractivity (Wildman–Crippen MR) is 73.0 cm³/mol. The molecule has 2 N–H and O–H groups in total. The predicted octanol–water partition coefficient (Wildman–Crippen LogP) is 0.878. The SMILES string of the molecule is COc1ccc(CCNC(=O)C(=O)NC(C)C)cc1. The Morgan fingerprint density at radius 1 is 1.16 bits per heavy atom. The van der Waals surface area contributed by atoms with Crippen molar-refractivity contribution in [3.05, 3.63) is 29.8 Å². The van der Waals surface area contributed by atoms with Crippen LogP contribution in [0.15, 0.2) is 24.3 Å². The van der Waals surface area contributed by atoms with Crippen molar-refractivity contribution in [1.82, 2.24) is 10.6 Å². The molecule has 2 amide bonds. The molecule has 0 fully saturated rings. The largest absolute Gasteiger partial charge is 0.497 e. The summed E-state index contributed by atoms with van der Waals surface area (Å²) in [6.07, 6.45) is 0.671. The molecule has 5 heteroatoms. The number of benzene rings is 1. The number of amides is 2. The average molecular weight is 264 g/mol. The topological polar surface area (TPSA) is 67.4 Å². The van der Waals surface area contributed by atoms with Gasteiger partial charge in [-0.1, -0.05) is 12.1 Å². The van der Waals surface area contributed by atoms with Gasteiger partial charge in [0, 0.05) is 12.6 Å². The van der Waals surface area contributed by atoms with Gasteiger partial charge in [-0.3, -0.25) is 9.59 Å². The molecule has 0 saturated heterocycles. The van der Waals surface area contributed by atoms with E-state index in [4.69, 9.17) is 4.74 Å². The van der Waals surface area contributed by atoms with Crippen molar-refractivity contribution in [2.75, 3.05) is 13.7 Å². The minimum Gasteiger partial charge on any atom is -0.497 e. The lowest BCUT2D eigenvalue weighted by Gasteiger charge is -2.09. The zero-order valence-corrected chi connectivity index (χ0v) is 11.5. The van der Waals surface area contributed by atoms with E-state index in [-0.39, 0.29) is 6.04 Å². The molecule has 0 aromatic heterocycles. The number of nitrogens with one attached hydrogen (secondary N) is 2. The Labute approximate surface area is 113 Å². The summed E-state index contributed by atoms with van der Waals surface area (Å²) in [5, 5.41) is 5.12. The fourth-order valence-corrected chi connectivity index (χ4v) is 1.52. The Hall–Kier alpha value is -2.04. The quantitative estimate of drug-likeness (QED) is 0.776. The smallest absolute Gasteiger partial charge is 0.309 e. The van der Waals surface area contributed by atoms with E-state index < -0.39 is 11.8 Å². The van der Waals surface area contributed by atoms with Crippen molar-refractivity contribution in [3.8, 4) is 5.75 Å². The highest BCUT2D eigenvalue weighted by atomic mass is 16.5. The van der Waals surface area contributed by atoms with Gasteiger partial charge in [0.25, 0.3) is 0 Å². The average Bonchev–Trinajstić information content (AvgIpc) is 2.38. The Balaban J connectivity index is 2.33. The Kier molecular flexibility index (Phi) is 5.85. The molecule has 0 bridgehead atoms. The second-order valence-corrected chi connectivity index (χ2v) is 4.48. The molecule has 0 heterocycles. The molecule has 19 heavy (non-hydrogen) atoms. The first-order valence-electron chi connectivity index (χ1n) is 6.24. The molecular weight excluding hydrogens is 244 g/mol. The van der Waals surface area contributed by atoms with E-state index in [0.717, 1.165) is 11.3 Å². The molecule has 0 aliphatic heterocycles. The van der Waals surface area contributed by atoms with E-state index >= 15 is 0 Å². The van der Waals surface area contributed by atoms with Gasteiger partial charge < -0.3 is 15.4 Å². The van der Waals surface area contributed by atoms with Gasteiger partial charge >= 0.3 is 11.8 Å². The second-order valence-electron chi connectivity index (χ2n) is 4.48. The first-order chi connectivity index (χ1) is 9.02. The van der Waals surface area contributed by atoms with Crippen molar-refractivity contribution >= 4 is 11.8 Å². The van der Waals surface area contributed by atoms with Crippen molar-refractivity contribution in [1.29, 1.82) is 0 Å². The summed E-state index contributed by atoms with van der Waals surface area (Å²) in [6.45, 7) is 4.04. The lowest BCUT2D eigenvalue weighted by atomic mass is 10.1. The number of carbonyl (C=O) groups is 2. The molecule has 1 aromatic rings. The number of carbonyl (C=O) groups excluding carboxylic acids is 2. The zero-order chi connectivity index (χ0) is 14.3. The Morgan fingerprint density at radius 2 is 1.79 bits per heavy atom. The van der Waals surface area contributed by atoms with Crippen LogP contribution < -0.4 is 15.4 Å². The van der Waals surface area contributed by atoms with Crippen molar-refractivity contribution in [2.45, 2.75) is 26.3 Å². The number of hydrogen-bond acceptors (Lipinski definition) is 3. The van der Waals surface area contributed by atoms with Gasteiger partial charge in [-0.15, -0.1) is 0 Å². The van der Waals surface area contributed by atoms with Crippen LogP contribution in [-0.4, -0.2) is 31.5 Å². The minimum absolute atomic E-state index is 0.0418. The van der Waals surface area contributed by atoms with Crippen LogP contribution in [0.25, 0.3) is 0 Å². The van der Waals surface area contributed by atoms with Crippen LogP contribution in [-0.2, 0) is 16.0 Å². The van der Waals surface area contributed by atoms with Crippen LogP contribution >= 0.6 is 0 Å². The lowest BCUT2D eigenvalue weighted by Crippen LogP contribution is -2.43. The summed E-state index contributed by atoms with van der Waals surface area (Å²) in [6, 6.07) is 7.55. The Bertz CT molecular complexity index is 427. The van der Waals surface area contributed by atoms with Crippen LogP contribution in [0, 0.1) is 0 Å². The maximum absolute atomic E-state index is 11.4. The van der Waals surface area contributed by atoms with Gasteiger partial charge in [-0.05, 0) is 38.0 Å². The van der Waals surface area contributed by atoms with Crippen LogP contribution in [0.5, 0.6) is 5.75 Å². The van der Waals surface area contributed by atoms with E-state index in [1.54, 1.807) is 7.11 Å². The van der Waals surface area contributed by atoms with Crippen LogP contribution in [0.3, 0.4) is 0 Å². The molecular formula is C14H20N2O3. The lowest BCUT2D eigenvalue weighted by molar-refractivity contribution is -0.139. The van der Waals surface area contributed by atoms with E-state index in [9.17, 15) is 9.59 Å². The van der Waals surface area contributed by atoms with E-state index in [1.807, 2.05) is 38.1 Å². The van der Waals surface area contributed by atoms with Gasteiger partial charge in [0.2, 0.25) is 0 Å². The standard InChI is InChI=1S/C14H20N2O3/c1-10(2)16-14(18)13(17)15-9-8-11-4-6-12(19-3)7-5-11/h4-7,10H,8-9H2,1-3H3,(H,15,17)(H,16,18). The molecule has 0 aliphatic carbocycles. The third kappa shape index (κ3) is 5.42. The van der Waals surface area contributed by atoms with Gasteiger partial charge in [0.1, 0.15) is 5.75 Å². The van der Waals surface area contributed by atoms with Crippen molar-refractivity contribution < 1.29 is 14.3 Å². The molecule has 0 unspecified atom stereocenters. The fourth-order valence-electron chi connectivity index (χ4n) is 1.52. The maximum atomic E-state index is 11.4. The van der Waals surface area contributed by atoms with Gasteiger partial charge in [-0.25, -0.2) is 0 Å². The molecule has 104 valence electrons. The van der Waals surface area contributed by atoms with E-state index in [1.165, 1.54) is 0 Å². The summed E-state index contributed by atoms with van der Waals surface area (Å²) in [5.41, 5.74) is 1.07. The summed E-state index contributed by atoms with van der Waals surface area (Å²) < 4.78 is 5.06. The van der Waals surface area contributed by atoms with Crippen LogP contribution in [0.4, 0.5) is 0 Å². The first-order valence-corrected chi connectivity index (χ1v) is 6.24. The molecule has 1 aromatic carbocycles. The highest BCUT2D eigenvalue weighted by Crippen LogP contribution is 2.11. The van der Waals surface area contributed by atoms with E-state index in [0.29, 0.717) is 13.0 Å². The molecule has 0 spiro atoms. The highest BCUT2D eigenvalue weighted by molar-refractivity contribution is 6.35. The van der Waals surface area contributed by atoms with Gasteiger partial charge in [0.15, 0.2) is 0 Å². The van der Waals surface area contributed by atoms with E-state index in [2.05, 4.69) is 10.6 Å². The summed E-state index contributed by atoms with van der Waals surface area (Å²) >= 11 is 0. The molecule has 5 nitrogen and oxygen atoms in total. The summed E-state index contributed by atoms with van der Waals surface area (Å²) in [7, 11) is 1.61. The number of ether oxygens (including phenoxy) is 1. The third-order valence-electron chi connectivity index (χ3n) is 2.48. The molecule has 0 atom stereocenters. The molecule has 1 rings (SSSR count). The van der Waals surface area contributed by atoms with Crippen molar-refractivity contribution in [2.24, 2.45) is 0 Å². The molecule has 0 aliphatic rings. The Morgan fingerprint density at radius 3 is 2.32 bits per heavy atom. The molecule has 0 saturated carbocycles.